The van der Waals surface area contributed by atoms with Crippen LogP contribution in [-0.2, 0) is 6.54 Å². The molecule has 2 aromatic carbocycles. The summed E-state index contributed by atoms with van der Waals surface area (Å²) >= 11 is 1.72. The number of nitrogens with zero attached hydrogens (tertiary/aromatic N) is 2. The molecule has 0 aliphatic heterocycles. The van der Waals surface area contributed by atoms with Gasteiger partial charge in [0.15, 0.2) is 0 Å². The van der Waals surface area contributed by atoms with Gasteiger partial charge in [-0.15, -0.1) is 11.3 Å². The Hall–Kier alpha value is -2.39. The molecule has 0 bridgehead atoms. The third-order valence-corrected chi connectivity index (χ3v) is 5.33. The van der Waals surface area contributed by atoms with Crippen LogP contribution in [0.4, 0.5) is 0 Å². The Morgan fingerprint density at radius 2 is 1.79 bits per heavy atom. The minimum Gasteiger partial charge on any atom is -0.341 e. The maximum Gasteiger partial charge on any atom is 0.123 e. The number of rotatable bonds is 4. The number of thiazole rings is 1. The van der Waals surface area contributed by atoms with Gasteiger partial charge >= 0.3 is 0 Å². The van der Waals surface area contributed by atoms with Crippen molar-refractivity contribution < 1.29 is 0 Å². The summed E-state index contributed by atoms with van der Waals surface area (Å²) in [6.07, 6.45) is 2.14. The fourth-order valence-electron chi connectivity index (χ4n) is 2.98. The maximum absolute atomic E-state index is 4.83. The van der Waals surface area contributed by atoms with Gasteiger partial charge in [0.2, 0.25) is 0 Å². The monoisotopic (exact) mass is 332 g/mol. The van der Waals surface area contributed by atoms with Crippen LogP contribution >= 0.6 is 11.3 Å². The van der Waals surface area contributed by atoms with E-state index in [2.05, 4.69) is 84.6 Å². The van der Waals surface area contributed by atoms with Crippen LogP contribution in [0.15, 0.2) is 66.2 Å². The van der Waals surface area contributed by atoms with Crippen molar-refractivity contribution in [3.8, 4) is 10.6 Å². The molecular formula is C21H20N2S. The highest BCUT2D eigenvalue weighted by molar-refractivity contribution is 7.13. The molecule has 0 N–H and O–H groups in total. The first kappa shape index (κ1) is 15.2. The molecular weight excluding hydrogens is 312 g/mol. The SMILES string of the molecule is CC(C)c1ccc(-c2nc(Cn3ccc4ccccc43)cs2)cc1. The molecule has 0 spiro atoms. The van der Waals surface area contributed by atoms with Gasteiger partial charge in [-0.25, -0.2) is 4.98 Å². The smallest absolute Gasteiger partial charge is 0.123 e. The van der Waals surface area contributed by atoms with Gasteiger partial charge in [0.25, 0.3) is 0 Å². The predicted molar refractivity (Wildman–Crippen MR) is 103 cm³/mol. The lowest BCUT2D eigenvalue weighted by molar-refractivity contribution is 0.815. The first-order chi connectivity index (χ1) is 11.7. The van der Waals surface area contributed by atoms with Gasteiger partial charge < -0.3 is 4.57 Å². The van der Waals surface area contributed by atoms with Gasteiger partial charge in [-0.2, -0.15) is 0 Å². The average Bonchev–Trinajstić information content (AvgIpc) is 3.23. The minimum absolute atomic E-state index is 0.563. The van der Waals surface area contributed by atoms with E-state index in [-0.39, 0.29) is 0 Å². The van der Waals surface area contributed by atoms with Crippen molar-refractivity contribution in [3.05, 3.63) is 77.4 Å². The molecule has 0 saturated heterocycles. The van der Waals surface area contributed by atoms with E-state index in [9.17, 15) is 0 Å². The van der Waals surface area contributed by atoms with Gasteiger partial charge in [-0.3, -0.25) is 0 Å². The van der Waals surface area contributed by atoms with E-state index in [0.717, 1.165) is 17.2 Å². The van der Waals surface area contributed by atoms with Crippen molar-refractivity contribution in [2.45, 2.75) is 26.3 Å². The molecule has 24 heavy (non-hydrogen) atoms. The van der Waals surface area contributed by atoms with Crippen molar-refractivity contribution in [2.75, 3.05) is 0 Å². The lowest BCUT2D eigenvalue weighted by atomic mass is 10.0. The molecule has 0 aliphatic carbocycles. The zero-order chi connectivity index (χ0) is 16.5. The van der Waals surface area contributed by atoms with Crippen molar-refractivity contribution in [1.82, 2.24) is 9.55 Å². The number of benzene rings is 2. The number of fused-ring (bicyclic) bond motifs is 1. The number of para-hydroxylation sites is 1. The van der Waals surface area contributed by atoms with Crippen LogP contribution in [-0.4, -0.2) is 9.55 Å². The third-order valence-electron chi connectivity index (χ3n) is 4.39. The van der Waals surface area contributed by atoms with Crippen LogP contribution < -0.4 is 0 Å². The first-order valence-corrected chi connectivity index (χ1v) is 9.17. The summed E-state index contributed by atoms with van der Waals surface area (Å²) in [7, 11) is 0. The molecule has 0 aliphatic rings. The summed E-state index contributed by atoms with van der Waals surface area (Å²) in [6.45, 7) is 5.25. The highest BCUT2D eigenvalue weighted by atomic mass is 32.1. The van der Waals surface area contributed by atoms with Gasteiger partial charge in [-0.1, -0.05) is 56.3 Å². The van der Waals surface area contributed by atoms with Crippen LogP contribution in [0.25, 0.3) is 21.5 Å². The minimum atomic E-state index is 0.563. The fourth-order valence-corrected chi connectivity index (χ4v) is 3.79. The normalized spacial score (nSPS) is 11.5. The summed E-state index contributed by atoms with van der Waals surface area (Å²) in [4.78, 5) is 4.83. The van der Waals surface area contributed by atoms with Crippen LogP contribution in [0.2, 0.25) is 0 Å². The van der Waals surface area contributed by atoms with Crippen LogP contribution in [0.5, 0.6) is 0 Å². The second-order valence-electron chi connectivity index (χ2n) is 6.42. The summed E-state index contributed by atoms with van der Waals surface area (Å²) < 4.78 is 2.26. The molecule has 0 unspecified atom stereocenters. The van der Waals surface area contributed by atoms with Gasteiger partial charge in [-0.05, 0) is 29.0 Å². The second-order valence-corrected chi connectivity index (χ2v) is 7.28. The Balaban J connectivity index is 1.58. The lowest BCUT2D eigenvalue weighted by Crippen LogP contribution is -1.97. The molecule has 2 heterocycles. The standard InChI is InChI=1S/C21H20N2S/c1-15(2)16-7-9-18(10-8-16)21-22-19(14-24-21)13-23-12-11-17-5-3-4-6-20(17)23/h3-12,14-15H,13H2,1-2H3. The molecule has 4 rings (SSSR count). The second kappa shape index (κ2) is 6.25. The summed E-state index contributed by atoms with van der Waals surface area (Å²) in [6, 6.07) is 19.4. The first-order valence-electron chi connectivity index (χ1n) is 8.29. The van der Waals surface area contributed by atoms with Crippen LogP contribution in [0.1, 0.15) is 31.0 Å². The zero-order valence-electron chi connectivity index (χ0n) is 13.9. The third kappa shape index (κ3) is 2.87. The molecule has 0 radical (unpaired) electrons. The maximum atomic E-state index is 4.83. The van der Waals surface area contributed by atoms with Gasteiger partial charge in [0.05, 0.1) is 12.2 Å². The van der Waals surface area contributed by atoms with E-state index in [1.807, 2.05) is 0 Å². The molecule has 2 nitrogen and oxygen atoms in total. The highest BCUT2D eigenvalue weighted by Crippen LogP contribution is 2.26. The Morgan fingerprint density at radius 3 is 2.58 bits per heavy atom. The average molecular weight is 332 g/mol. The lowest BCUT2D eigenvalue weighted by Gasteiger charge is -2.05. The Bertz CT molecular complexity index is 961. The highest BCUT2D eigenvalue weighted by Gasteiger charge is 2.08. The van der Waals surface area contributed by atoms with Gasteiger partial charge in [0, 0.05) is 22.7 Å². The van der Waals surface area contributed by atoms with Crippen molar-refractivity contribution >= 4 is 22.2 Å². The molecule has 0 saturated carbocycles. The van der Waals surface area contributed by atoms with Crippen LogP contribution in [0, 0.1) is 0 Å². The summed E-state index contributed by atoms with van der Waals surface area (Å²) in [5.41, 5.74) is 4.94. The van der Waals surface area contributed by atoms with Crippen molar-refractivity contribution in [3.63, 3.8) is 0 Å². The van der Waals surface area contributed by atoms with E-state index in [4.69, 9.17) is 4.98 Å². The molecule has 0 amide bonds. The molecule has 120 valence electrons. The van der Waals surface area contributed by atoms with Gasteiger partial charge in [0.1, 0.15) is 5.01 Å². The largest absolute Gasteiger partial charge is 0.341 e. The van der Waals surface area contributed by atoms with E-state index < -0.39 is 0 Å². The van der Waals surface area contributed by atoms with Crippen LogP contribution in [0.3, 0.4) is 0 Å². The molecule has 0 atom stereocenters. The van der Waals surface area contributed by atoms with E-state index in [1.165, 1.54) is 22.0 Å². The predicted octanol–water partition coefficient (Wildman–Crippen LogP) is 5.94. The number of hydrogen-bond acceptors (Lipinski definition) is 2. The fraction of sp³-hybridized carbons (Fsp3) is 0.190. The quantitative estimate of drug-likeness (QED) is 0.452. The van der Waals surface area contributed by atoms with Crippen molar-refractivity contribution in [1.29, 1.82) is 0 Å². The Kier molecular flexibility index (Phi) is 3.95. The Morgan fingerprint density at radius 1 is 1.00 bits per heavy atom. The van der Waals surface area contributed by atoms with E-state index in [1.54, 1.807) is 11.3 Å². The summed E-state index contributed by atoms with van der Waals surface area (Å²) in [5, 5.41) is 4.54. The summed E-state index contributed by atoms with van der Waals surface area (Å²) in [5.74, 6) is 0.563. The molecule has 3 heteroatoms. The topological polar surface area (TPSA) is 17.8 Å². The molecule has 2 aromatic heterocycles. The zero-order valence-corrected chi connectivity index (χ0v) is 14.8. The van der Waals surface area contributed by atoms with E-state index in [0.29, 0.717) is 5.92 Å². The number of aromatic nitrogens is 2. The van der Waals surface area contributed by atoms with E-state index >= 15 is 0 Å². The molecule has 0 fully saturated rings. The molecule has 4 aromatic rings. The number of hydrogen-bond donors (Lipinski definition) is 0. The Labute approximate surface area is 146 Å². The van der Waals surface area contributed by atoms with Crippen molar-refractivity contribution in [2.24, 2.45) is 0 Å².